The van der Waals surface area contributed by atoms with E-state index < -0.39 is 29.1 Å². The summed E-state index contributed by atoms with van der Waals surface area (Å²) in [5.74, 6) is -0.630. The number of ether oxygens (including phenoxy) is 1. The topological polar surface area (TPSA) is 47.3 Å². The second-order valence-corrected chi connectivity index (χ2v) is 6.34. The Bertz CT molecular complexity index is 624. The summed E-state index contributed by atoms with van der Waals surface area (Å²) in [5, 5.41) is 2.67. The molecule has 2 saturated heterocycles. The third-order valence-corrected chi connectivity index (χ3v) is 4.80. The summed E-state index contributed by atoms with van der Waals surface area (Å²) < 4.78 is 49.2. The molecule has 0 unspecified atom stereocenters. The fourth-order valence-corrected chi connectivity index (χ4v) is 3.40. The summed E-state index contributed by atoms with van der Waals surface area (Å²) in [4.78, 5) is -0.150. The number of nitrogens with two attached hydrogens (primary N) is 1. The fraction of sp³-hybridized carbons (Fsp3) is 0.500. The van der Waals surface area contributed by atoms with Crippen LogP contribution in [0.25, 0.3) is 0 Å². The van der Waals surface area contributed by atoms with Crippen molar-refractivity contribution in [2.45, 2.75) is 30.2 Å². The molecule has 7 heteroatoms. The van der Waals surface area contributed by atoms with Crippen LogP contribution >= 0.6 is 12.2 Å². The molecule has 114 valence electrons. The maximum atomic E-state index is 15.4. The van der Waals surface area contributed by atoms with Crippen molar-refractivity contribution in [1.82, 2.24) is 5.32 Å². The highest BCUT2D eigenvalue weighted by Gasteiger charge is 2.66. The average Bonchev–Trinajstić information content (AvgIpc) is 2.69. The summed E-state index contributed by atoms with van der Waals surface area (Å²) in [6, 6.07) is 3.88. The third kappa shape index (κ3) is 1.94. The summed E-state index contributed by atoms with van der Waals surface area (Å²) >= 11 is 5.00. The molecule has 0 saturated carbocycles. The average molecular weight is 316 g/mol. The number of rotatable bonds is 1. The van der Waals surface area contributed by atoms with E-state index in [2.05, 4.69) is 5.32 Å². The van der Waals surface area contributed by atoms with E-state index in [0.29, 0.717) is 0 Å². The van der Waals surface area contributed by atoms with Crippen molar-refractivity contribution in [2.75, 3.05) is 18.9 Å². The zero-order valence-corrected chi connectivity index (χ0v) is 12.2. The quantitative estimate of drug-likeness (QED) is 0.617. The molecule has 2 aliphatic heterocycles. The van der Waals surface area contributed by atoms with Crippen molar-refractivity contribution in [3.05, 3.63) is 29.6 Å². The number of hydrogen-bond acceptors (Lipinski definition) is 3. The van der Waals surface area contributed by atoms with Gasteiger partial charge in [0.05, 0.1) is 13.2 Å². The van der Waals surface area contributed by atoms with Gasteiger partial charge in [-0.25, -0.2) is 13.2 Å². The monoisotopic (exact) mass is 316 g/mol. The maximum Gasteiger partial charge on any atom is 0.166 e. The minimum absolute atomic E-state index is 0.0142. The first-order valence-corrected chi connectivity index (χ1v) is 6.95. The van der Waals surface area contributed by atoms with E-state index in [9.17, 15) is 8.78 Å². The minimum atomic E-state index is -2.10. The normalized spacial score (nSPS) is 39.0. The van der Waals surface area contributed by atoms with Crippen molar-refractivity contribution >= 4 is 22.9 Å². The number of nitrogen functional groups attached to an aromatic ring is 1. The van der Waals surface area contributed by atoms with Crippen LogP contribution in [-0.2, 0) is 10.3 Å². The standard InChI is InChI=1S/C14H15F3N2OS/c1-12(16)5-13(17)6-20-7-14(13,19-11(12)21)9-4-8(18)2-3-10(9)15/h2-4H,5-7,18H2,1H3,(H,19,21)/t12-,13-,14+/m0/s1. The fourth-order valence-electron chi connectivity index (χ4n) is 3.16. The Morgan fingerprint density at radius 3 is 2.76 bits per heavy atom. The molecule has 21 heavy (non-hydrogen) atoms. The number of piperidine rings is 1. The van der Waals surface area contributed by atoms with Gasteiger partial charge in [-0.1, -0.05) is 12.2 Å². The number of alkyl halides is 2. The number of benzene rings is 1. The van der Waals surface area contributed by atoms with Crippen molar-refractivity contribution in [1.29, 1.82) is 0 Å². The van der Waals surface area contributed by atoms with Crippen molar-refractivity contribution < 1.29 is 17.9 Å². The van der Waals surface area contributed by atoms with Crippen molar-refractivity contribution in [3.63, 3.8) is 0 Å². The number of nitrogens with one attached hydrogen (secondary N) is 1. The second-order valence-electron chi connectivity index (χ2n) is 5.93. The predicted molar refractivity (Wildman–Crippen MR) is 77.0 cm³/mol. The second kappa shape index (κ2) is 4.33. The maximum absolute atomic E-state index is 15.4. The molecule has 0 aromatic heterocycles. The van der Waals surface area contributed by atoms with Crippen LogP contribution in [0.4, 0.5) is 18.9 Å². The summed E-state index contributed by atoms with van der Waals surface area (Å²) in [6.45, 7) is 0.748. The number of halogens is 3. The molecule has 0 spiro atoms. The van der Waals surface area contributed by atoms with Gasteiger partial charge in [-0.2, -0.15) is 0 Å². The Kier molecular flexibility index (Phi) is 3.01. The molecule has 3 N–H and O–H groups in total. The lowest BCUT2D eigenvalue weighted by Gasteiger charge is -2.48. The van der Waals surface area contributed by atoms with E-state index in [0.717, 1.165) is 6.07 Å². The van der Waals surface area contributed by atoms with Crippen LogP contribution < -0.4 is 11.1 Å². The first-order chi connectivity index (χ1) is 9.70. The molecule has 0 bridgehead atoms. The first kappa shape index (κ1) is 14.6. The predicted octanol–water partition coefficient (Wildman–Crippen LogP) is 2.39. The van der Waals surface area contributed by atoms with Gasteiger partial charge in [-0.3, -0.25) is 0 Å². The highest BCUT2D eigenvalue weighted by Crippen LogP contribution is 2.51. The van der Waals surface area contributed by atoms with Gasteiger partial charge < -0.3 is 15.8 Å². The molecule has 2 heterocycles. The van der Waals surface area contributed by atoms with Crippen LogP contribution in [0.15, 0.2) is 18.2 Å². The van der Waals surface area contributed by atoms with Crippen LogP contribution in [0.5, 0.6) is 0 Å². The Balaban J connectivity index is 2.18. The van der Waals surface area contributed by atoms with Gasteiger partial charge in [-0.15, -0.1) is 0 Å². The highest BCUT2D eigenvalue weighted by molar-refractivity contribution is 7.80. The molecule has 0 amide bonds. The Morgan fingerprint density at radius 1 is 1.33 bits per heavy atom. The van der Waals surface area contributed by atoms with Gasteiger partial charge >= 0.3 is 0 Å². The van der Waals surface area contributed by atoms with Crippen LogP contribution in [0.1, 0.15) is 18.9 Å². The van der Waals surface area contributed by atoms with E-state index >= 15 is 4.39 Å². The molecule has 1 aromatic carbocycles. The molecule has 3 nitrogen and oxygen atoms in total. The number of fused-ring (bicyclic) bond motifs is 1. The number of thiocarbonyl (C=S) groups is 1. The molecule has 2 fully saturated rings. The summed E-state index contributed by atoms with van der Waals surface area (Å²) in [7, 11) is 0. The highest BCUT2D eigenvalue weighted by atomic mass is 32.1. The van der Waals surface area contributed by atoms with E-state index in [1.165, 1.54) is 19.1 Å². The van der Waals surface area contributed by atoms with Crippen molar-refractivity contribution in [2.24, 2.45) is 0 Å². The molecule has 3 atom stereocenters. The Labute approximate surface area is 125 Å². The van der Waals surface area contributed by atoms with E-state index in [-0.39, 0.29) is 29.5 Å². The van der Waals surface area contributed by atoms with Crippen LogP contribution in [0, 0.1) is 5.82 Å². The SMILES string of the molecule is C[C@]1(F)C[C@]2(F)COC[C@]2(c2cc(N)ccc2F)NC1=S. The lowest BCUT2D eigenvalue weighted by atomic mass is 9.70. The molecule has 3 rings (SSSR count). The smallest absolute Gasteiger partial charge is 0.166 e. The number of hydrogen-bond donors (Lipinski definition) is 2. The van der Waals surface area contributed by atoms with Crippen LogP contribution in [-0.4, -0.2) is 29.5 Å². The summed E-state index contributed by atoms with van der Waals surface area (Å²) in [6.07, 6.45) is -0.486. The van der Waals surface area contributed by atoms with Crippen LogP contribution in [0.3, 0.4) is 0 Å². The summed E-state index contributed by atoms with van der Waals surface area (Å²) in [5.41, 5.74) is 0.330. The minimum Gasteiger partial charge on any atom is -0.399 e. The molecule has 1 aromatic rings. The largest absolute Gasteiger partial charge is 0.399 e. The zero-order chi connectivity index (χ0) is 15.5. The van der Waals surface area contributed by atoms with E-state index in [1.54, 1.807) is 0 Å². The van der Waals surface area contributed by atoms with Crippen LogP contribution in [0.2, 0.25) is 0 Å². The third-order valence-electron chi connectivity index (χ3n) is 4.28. The Hall–Kier alpha value is -1.34. The molecular weight excluding hydrogens is 301 g/mol. The van der Waals surface area contributed by atoms with E-state index in [1.807, 2.05) is 0 Å². The van der Waals surface area contributed by atoms with Gasteiger partial charge in [0, 0.05) is 17.7 Å². The molecule has 0 radical (unpaired) electrons. The molecular formula is C14H15F3N2OS. The lowest BCUT2D eigenvalue weighted by Crippen LogP contribution is -2.68. The first-order valence-electron chi connectivity index (χ1n) is 6.54. The van der Waals surface area contributed by atoms with Gasteiger partial charge in [-0.05, 0) is 25.1 Å². The Morgan fingerprint density at radius 2 is 2.05 bits per heavy atom. The molecule has 2 aliphatic rings. The van der Waals surface area contributed by atoms with Gasteiger partial charge in [0.1, 0.15) is 16.3 Å². The zero-order valence-electron chi connectivity index (χ0n) is 11.4. The number of anilines is 1. The lowest BCUT2D eigenvalue weighted by molar-refractivity contribution is 0.00849. The van der Waals surface area contributed by atoms with Gasteiger partial charge in [0.2, 0.25) is 0 Å². The van der Waals surface area contributed by atoms with Gasteiger partial charge in [0.15, 0.2) is 11.3 Å². The molecule has 0 aliphatic carbocycles. The van der Waals surface area contributed by atoms with E-state index in [4.69, 9.17) is 22.7 Å². The van der Waals surface area contributed by atoms with Gasteiger partial charge in [0.25, 0.3) is 0 Å². The van der Waals surface area contributed by atoms with Crippen molar-refractivity contribution in [3.8, 4) is 0 Å².